The normalized spacial score (nSPS) is 15.3. The summed E-state index contributed by atoms with van der Waals surface area (Å²) in [4.78, 5) is 10.3. The second-order valence-electron chi connectivity index (χ2n) is 5.70. The molecule has 5 nitrogen and oxygen atoms in total. The van der Waals surface area contributed by atoms with Crippen molar-refractivity contribution in [2.45, 2.75) is 25.8 Å². The van der Waals surface area contributed by atoms with Crippen LogP contribution in [0.5, 0.6) is 0 Å². The second kappa shape index (κ2) is 6.61. The van der Waals surface area contributed by atoms with E-state index in [0.717, 1.165) is 24.4 Å². The smallest absolute Gasteiger partial charge is 0.147 e. The van der Waals surface area contributed by atoms with Gasteiger partial charge in [-0.15, -0.1) is 0 Å². The summed E-state index contributed by atoms with van der Waals surface area (Å²) in [5.74, 6) is 0.487. The van der Waals surface area contributed by atoms with Gasteiger partial charge in [0.15, 0.2) is 0 Å². The van der Waals surface area contributed by atoms with Crippen LogP contribution in [0.4, 0.5) is 15.9 Å². The van der Waals surface area contributed by atoms with Crippen LogP contribution in [0.25, 0.3) is 0 Å². The maximum Gasteiger partial charge on any atom is 0.147 e. The summed E-state index contributed by atoms with van der Waals surface area (Å²) in [6, 6.07) is 8.92. The number of halogens is 1. The fourth-order valence-corrected chi connectivity index (χ4v) is 2.92. The lowest BCUT2D eigenvalue weighted by molar-refractivity contribution is 0.515. The number of aromatic nitrogens is 2. The number of benzene rings is 1. The van der Waals surface area contributed by atoms with Gasteiger partial charge in [-0.1, -0.05) is 6.07 Å². The van der Waals surface area contributed by atoms with Gasteiger partial charge in [0.1, 0.15) is 24.0 Å². The standard InChI is InChI=1S/C17H18FN5/c1-12-9-16(21-11-20-12)22-14-5-7-23(8-6-14)17-13(10-19)3-2-4-15(17)18/h2-4,9,11,14H,5-8H2,1H3,(H,20,21,22). The van der Waals surface area contributed by atoms with Crippen molar-refractivity contribution in [2.24, 2.45) is 0 Å². The Kier molecular flexibility index (Phi) is 4.38. The molecule has 1 aromatic heterocycles. The van der Waals surface area contributed by atoms with Crippen LogP contribution in [0.1, 0.15) is 24.1 Å². The topological polar surface area (TPSA) is 64.8 Å². The third-order valence-electron chi connectivity index (χ3n) is 4.07. The van der Waals surface area contributed by atoms with Crippen molar-refractivity contribution in [1.29, 1.82) is 5.26 Å². The molecule has 0 atom stereocenters. The molecule has 1 aliphatic rings. The summed E-state index contributed by atoms with van der Waals surface area (Å²) < 4.78 is 14.1. The van der Waals surface area contributed by atoms with Crippen molar-refractivity contribution in [2.75, 3.05) is 23.3 Å². The molecule has 1 saturated heterocycles. The minimum absolute atomic E-state index is 0.290. The molecule has 1 aliphatic heterocycles. The quantitative estimate of drug-likeness (QED) is 0.944. The first-order valence-corrected chi connectivity index (χ1v) is 7.66. The molecule has 0 bridgehead atoms. The highest BCUT2D eigenvalue weighted by Crippen LogP contribution is 2.27. The van der Waals surface area contributed by atoms with Gasteiger partial charge in [-0.25, -0.2) is 14.4 Å². The Morgan fingerprint density at radius 2 is 2.09 bits per heavy atom. The molecule has 23 heavy (non-hydrogen) atoms. The molecule has 6 heteroatoms. The van der Waals surface area contributed by atoms with E-state index in [0.29, 0.717) is 24.3 Å². The number of piperidine rings is 1. The number of para-hydroxylation sites is 1. The van der Waals surface area contributed by atoms with Crippen molar-refractivity contribution < 1.29 is 4.39 Å². The zero-order chi connectivity index (χ0) is 16.2. The molecule has 0 aliphatic carbocycles. The minimum Gasteiger partial charge on any atom is -0.368 e. The summed E-state index contributed by atoms with van der Waals surface area (Å²) in [6.07, 6.45) is 3.27. The second-order valence-corrected chi connectivity index (χ2v) is 5.70. The Morgan fingerprint density at radius 3 is 2.78 bits per heavy atom. The van der Waals surface area contributed by atoms with Crippen LogP contribution >= 0.6 is 0 Å². The fraction of sp³-hybridized carbons (Fsp3) is 0.353. The average molecular weight is 311 g/mol. The van der Waals surface area contributed by atoms with Crippen molar-refractivity contribution in [3.63, 3.8) is 0 Å². The summed E-state index contributed by atoms with van der Waals surface area (Å²) >= 11 is 0. The Labute approximate surface area is 134 Å². The van der Waals surface area contributed by atoms with E-state index in [4.69, 9.17) is 0 Å². The number of nitriles is 1. The molecule has 118 valence electrons. The SMILES string of the molecule is Cc1cc(NC2CCN(c3c(F)cccc3C#N)CC2)ncn1. The lowest BCUT2D eigenvalue weighted by atomic mass is 10.0. The lowest BCUT2D eigenvalue weighted by Crippen LogP contribution is -2.40. The van der Waals surface area contributed by atoms with Gasteiger partial charge in [0.25, 0.3) is 0 Å². The molecular weight excluding hydrogens is 293 g/mol. The average Bonchev–Trinajstić information content (AvgIpc) is 2.55. The zero-order valence-electron chi connectivity index (χ0n) is 13.0. The highest BCUT2D eigenvalue weighted by molar-refractivity contribution is 5.60. The molecular formula is C17H18FN5. The number of hydrogen-bond donors (Lipinski definition) is 1. The van der Waals surface area contributed by atoms with Gasteiger partial charge in [0.2, 0.25) is 0 Å². The third-order valence-corrected chi connectivity index (χ3v) is 4.07. The van der Waals surface area contributed by atoms with Gasteiger partial charge >= 0.3 is 0 Å². The first-order chi connectivity index (χ1) is 11.2. The largest absolute Gasteiger partial charge is 0.368 e. The predicted molar refractivity (Wildman–Crippen MR) is 86.7 cm³/mol. The van der Waals surface area contributed by atoms with Crippen LogP contribution in [0, 0.1) is 24.1 Å². The van der Waals surface area contributed by atoms with Gasteiger partial charge in [-0.3, -0.25) is 0 Å². The van der Waals surface area contributed by atoms with Gasteiger partial charge in [0.05, 0.1) is 11.3 Å². The number of nitrogens with zero attached hydrogens (tertiary/aromatic N) is 4. The molecule has 3 rings (SSSR count). The van der Waals surface area contributed by atoms with E-state index in [2.05, 4.69) is 21.4 Å². The van der Waals surface area contributed by atoms with Crippen molar-refractivity contribution in [3.8, 4) is 6.07 Å². The molecule has 0 unspecified atom stereocenters. The first kappa shape index (κ1) is 15.2. The Bertz CT molecular complexity index is 732. The van der Waals surface area contributed by atoms with Crippen molar-refractivity contribution in [3.05, 3.63) is 47.7 Å². The van der Waals surface area contributed by atoms with Crippen molar-refractivity contribution >= 4 is 11.5 Å². The van der Waals surface area contributed by atoms with E-state index in [1.54, 1.807) is 18.5 Å². The summed E-state index contributed by atoms with van der Waals surface area (Å²) in [5, 5.41) is 12.6. The molecule has 1 N–H and O–H groups in total. The van der Waals surface area contributed by atoms with Gasteiger partial charge in [-0.05, 0) is 31.9 Å². The number of anilines is 2. The highest BCUT2D eigenvalue weighted by Gasteiger charge is 2.23. The summed E-state index contributed by atoms with van der Waals surface area (Å²) in [7, 11) is 0. The van der Waals surface area contributed by atoms with Crippen LogP contribution in [0.2, 0.25) is 0 Å². The molecule has 0 spiro atoms. The van der Waals surface area contributed by atoms with E-state index >= 15 is 0 Å². The maximum absolute atomic E-state index is 14.1. The van der Waals surface area contributed by atoms with E-state index in [9.17, 15) is 9.65 Å². The van der Waals surface area contributed by atoms with Gasteiger partial charge in [0, 0.05) is 30.9 Å². The number of nitrogens with one attached hydrogen (secondary N) is 1. The van der Waals surface area contributed by atoms with E-state index in [-0.39, 0.29) is 11.9 Å². The molecule has 1 fully saturated rings. The molecule has 1 aromatic carbocycles. The van der Waals surface area contributed by atoms with E-state index in [1.165, 1.54) is 6.07 Å². The molecule has 2 aromatic rings. The minimum atomic E-state index is -0.332. The molecule has 0 amide bonds. The van der Waals surface area contributed by atoms with Gasteiger partial charge in [-0.2, -0.15) is 5.26 Å². The van der Waals surface area contributed by atoms with E-state index in [1.807, 2.05) is 17.9 Å². The number of rotatable bonds is 3. The number of hydrogen-bond acceptors (Lipinski definition) is 5. The molecule has 2 heterocycles. The van der Waals surface area contributed by atoms with Crippen molar-refractivity contribution in [1.82, 2.24) is 9.97 Å². The van der Waals surface area contributed by atoms with Crippen LogP contribution in [0.3, 0.4) is 0 Å². The monoisotopic (exact) mass is 311 g/mol. The molecule has 0 saturated carbocycles. The molecule has 0 radical (unpaired) electrons. The summed E-state index contributed by atoms with van der Waals surface area (Å²) in [5.41, 5.74) is 1.74. The van der Waals surface area contributed by atoms with Gasteiger partial charge < -0.3 is 10.2 Å². The highest BCUT2D eigenvalue weighted by atomic mass is 19.1. The lowest BCUT2D eigenvalue weighted by Gasteiger charge is -2.34. The van der Waals surface area contributed by atoms with Crippen LogP contribution in [-0.4, -0.2) is 29.1 Å². The first-order valence-electron chi connectivity index (χ1n) is 7.66. The van der Waals surface area contributed by atoms with Crippen LogP contribution < -0.4 is 10.2 Å². The third kappa shape index (κ3) is 3.39. The number of aryl methyl sites for hydroxylation is 1. The fourth-order valence-electron chi connectivity index (χ4n) is 2.92. The maximum atomic E-state index is 14.1. The Morgan fingerprint density at radius 1 is 1.30 bits per heavy atom. The Hall–Kier alpha value is -2.68. The summed E-state index contributed by atoms with van der Waals surface area (Å²) in [6.45, 7) is 3.34. The van der Waals surface area contributed by atoms with E-state index < -0.39 is 0 Å². The zero-order valence-corrected chi connectivity index (χ0v) is 13.0. The Balaban J connectivity index is 1.66. The van der Waals surface area contributed by atoms with Crippen LogP contribution in [-0.2, 0) is 0 Å². The van der Waals surface area contributed by atoms with Crippen LogP contribution in [0.15, 0.2) is 30.6 Å². The predicted octanol–water partition coefficient (Wildman–Crippen LogP) is 2.88.